The Labute approximate surface area is 215 Å². The third-order valence-corrected chi connectivity index (χ3v) is 6.76. The van der Waals surface area contributed by atoms with E-state index in [0.29, 0.717) is 19.6 Å². The lowest BCUT2D eigenvalue weighted by atomic mass is 10.0. The highest BCUT2D eigenvalue weighted by Gasteiger charge is 2.26. The van der Waals surface area contributed by atoms with Crippen molar-refractivity contribution in [3.63, 3.8) is 0 Å². The molecule has 1 saturated heterocycles. The first-order valence-corrected chi connectivity index (χ1v) is 12.8. The highest BCUT2D eigenvalue weighted by molar-refractivity contribution is 5.78. The van der Waals surface area contributed by atoms with Gasteiger partial charge < -0.3 is 19.9 Å². The molecule has 1 heterocycles. The van der Waals surface area contributed by atoms with Gasteiger partial charge in [-0.1, -0.05) is 42.5 Å². The Balaban J connectivity index is 1.41. The molecule has 0 aliphatic carbocycles. The van der Waals surface area contributed by atoms with E-state index in [9.17, 15) is 4.79 Å². The van der Waals surface area contributed by atoms with Gasteiger partial charge in [0.1, 0.15) is 5.75 Å². The minimum atomic E-state index is 0.0389. The summed E-state index contributed by atoms with van der Waals surface area (Å²) in [5.74, 6) is 0.870. The normalized spacial score (nSPS) is 14.8. The molecule has 1 atom stereocenters. The van der Waals surface area contributed by atoms with Gasteiger partial charge in [-0.25, -0.2) is 0 Å². The summed E-state index contributed by atoms with van der Waals surface area (Å²) < 4.78 is 5.51. The Morgan fingerprint density at radius 1 is 0.917 bits per heavy atom. The third-order valence-electron chi connectivity index (χ3n) is 6.76. The van der Waals surface area contributed by atoms with Crippen LogP contribution in [0.15, 0.2) is 78.9 Å². The molecule has 1 aliphatic heterocycles. The minimum absolute atomic E-state index is 0.0389. The van der Waals surface area contributed by atoms with Crippen LogP contribution in [0.4, 0.5) is 11.4 Å². The zero-order valence-electron chi connectivity index (χ0n) is 21.7. The molecule has 3 aromatic carbocycles. The van der Waals surface area contributed by atoms with Gasteiger partial charge in [-0.3, -0.25) is 9.69 Å². The molecule has 6 nitrogen and oxygen atoms in total. The van der Waals surface area contributed by atoms with Crippen LogP contribution < -0.4 is 19.9 Å². The number of carbonyl (C=O) groups excluding carboxylic acids is 1. The van der Waals surface area contributed by atoms with E-state index in [0.717, 1.165) is 37.5 Å². The quantitative estimate of drug-likeness (QED) is 0.461. The van der Waals surface area contributed by atoms with Gasteiger partial charge in [0.15, 0.2) is 0 Å². The number of amides is 1. The number of carbonyl (C=O) groups is 1. The third kappa shape index (κ3) is 6.79. The Morgan fingerprint density at radius 3 is 2.19 bits per heavy atom. The number of para-hydroxylation sites is 1. The van der Waals surface area contributed by atoms with Gasteiger partial charge in [-0.15, -0.1) is 0 Å². The lowest BCUT2D eigenvalue weighted by Gasteiger charge is -2.40. The number of nitrogens with one attached hydrogen (secondary N) is 1. The molecule has 0 unspecified atom stereocenters. The maximum atomic E-state index is 12.8. The average molecular weight is 487 g/mol. The number of piperazine rings is 1. The fourth-order valence-corrected chi connectivity index (χ4v) is 4.71. The second kappa shape index (κ2) is 12.5. The lowest BCUT2D eigenvalue weighted by molar-refractivity contribution is -0.120. The summed E-state index contributed by atoms with van der Waals surface area (Å²) >= 11 is 0. The molecule has 0 bridgehead atoms. The SMILES string of the molecule is CCOc1ccc(CC(=O)NC[C@H](c2ccc(N(C)C)cc2)N2CCN(c3ccccc3)CC2)cc1. The number of hydrogen-bond acceptors (Lipinski definition) is 5. The Bertz CT molecular complexity index is 1080. The van der Waals surface area contributed by atoms with E-state index in [-0.39, 0.29) is 11.9 Å². The van der Waals surface area contributed by atoms with Crippen molar-refractivity contribution in [2.75, 3.05) is 63.2 Å². The number of anilines is 2. The molecule has 0 spiro atoms. The number of ether oxygens (including phenoxy) is 1. The second-order valence-corrected chi connectivity index (χ2v) is 9.42. The van der Waals surface area contributed by atoms with E-state index in [4.69, 9.17) is 4.74 Å². The van der Waals surface area contributed by atoms with Crippen molar-refractivity contribution < 1.29 is 9.53 Å². The van der Waals surface area contributed by atoms with Crippen molar-refractivity contribution in [3.8, 4) is 5.75 Å². The van der Waals surface area contributed by atoms with Crippen LogP contribution in [0.3, 0.4) is 0 Å². The van der Waals surface area contributed by atoms with Crippen molar-refractivity contribution in [1.82, 2.24) is 10.2 Å². The first-order valence-electron chi connectivity index (χ1n) is 12.8. The molecular weight excluding hydrogens is 448 g/mol. The maximum Gasteiger partial charge on any atom is 0.224 e. The van der Waals surface area contributed by atoms with Crippen LogP contribution in [0.2, 0.25) is 0 Å². The molecule has 3 aromatic rings. The largest absolute Gasteiger partial charge is 0.494 e. The lowest BCUT2D eigenvalue weighted by Crippen LogP contribution is -2.50. The topological polar surface area (TPSA) is 48.1 Å². The zero-order valence-corrected chi connectivity index (χ0v) is 21.7. The monoisotopic (exact) mass is 486 g/mol. The Hall–Kier alpha value is -3.51. The molecular formula is C30H38N4O2. The van der Waals surface area contributed by atoms with Crippen LogP contribution >= 0.6 is 0 Å². The standard InChI is InChI=1S/C30H38N4O2/c1-4-36-28-16-10-24(11-17-28)22-30(35)31-23-29(25-12-14-26(15-13-25)32(2)3)34-20-18-33(19-21-34)27-8-6-5-7-9-27/h5-17,29H,4,18-23H2,1-3H3,(H,31,35)/t29-/m1/s1. The van der Waals surface area contributed by atoms with Crippen LogP contribution in [-0.2, 0) is 11.2 Å². The second-order valence-electron chi connectivity index (χ2n) is 9.42. The molecule has 4 rings (SSSR count). The van der Waals surface area contributed by atoms with Gasteiger partial charge in [-0.2, -0.15) is 0 Å². The highest BCUT2D eigenvalue weighted by Crippen LogP contribution is 2.26. The number of hydrogen-bond donors (Lipinski definition) is 1. The van der Waals surface area contributed by atoms with Crippen LogP contribution in [0.5, 0.6) is 5.75 Å². The summed E-state index contributed by atoms with van der Waals surface area (Å²) in [5, 5.41) is 3.21. The molecule has 190 valence electrons. The number of nitrogens with zero attached hydrogens (tertiary/aromatic N) is 3. The van der Waals surface area contributed by atoms with Gasteiger partial charge in [-0.05, 0) is 54.4 Å². The average Bonchev–Trinajstić information content (AvgIpc) is 2.91. The van der Waals surface area contributed by atoms with Gasteiger partial charge in [0, 0.05) is 58.2 Å². The van der Waals surface area contributed by atoms with Gasteiger partial charge in [0.2, 0.25) is 5.91 Å². The van der Waals surface area contributed by atoms with E-state index < -0.39 is 0 Å². The van der Waals surface area contributed by atoms with Crippen LogP contribution in [0.25, 0.3) is 0 Å². The summed E-state index contributed by atoms with van der Waals surface area (Å²) in [4.78, 5) is 19.9. The van der Waals surface area contributed by atoms with Crippen molar-refractivity contribution >= 4 is 17.3 Å². The molecule has 1 aliphatic rings. The van der Waals surface area contributed by atoms with Crippen LogP contribution in [0, 0.1) is 0 Å². The van der Waals surface area contributed by atoms with Crippen LogP contribution in [-0.4, -0.2) is 64.2 Å². The summed E-state index contributed by atoms with van der Waals surface area (Å²) in [7, 11) is 4.10. The predicted molar refractivity (Wildman–Crippen MR) is 148 cm³/mol. The van der Waals surface area contributed by atoms with E-state index in [1.165, 1.54) is 16.9 Å². The Morgan fingerprint density at radius 2 is 1.58 bits per heavy atom. The molecule has 0 radical (unpaired) electrons. The smallest absolute Gasteiger partial charge is 0.224 e. The molecule has 0 saturated carbocycles. The summed E-state index contributed by atoms with van der Waals surface area (Å²) in [6, 6.07) is 27.2. The van der Waals surface area contributed by atoms with Crippen molar-refractivity contribution in [2.45, 2.75) is 19.4 Å². The summed E-state index contributed by atoms with van der Waals surface area (Å²) in [5.41, 5.74) is 4.66. The first-order chi connectivity index (χ1) is 17.5. The van der Waals surface area contributed by atoms with Gasteiger partial charge in [0.25, 0.3) is 0 Å². The molecule has 1 amide bonds. The molecule has 1 fully saturated rings. The predicted octanol–water partition coefficient (Wildman–Crippen LogP) is 4.37. The summed E-state index contributed by atoms with van der Waals surface area (Å²) in [6.07, 6.45) is 0.362. The first kappa shape index (κ1) is 25.6. The Kier molecular flexibility index (Phi) is 8.85. The van der Waals surface area contributed by atoms with Crippen molar-refractivity contribution in [3.05, 3.63) is 90.0 Å². The molecule has 36 heavy (non-hydrogen) atoms. The van der Waals surface area contributed by atoms with Crippen molar-refractivity contribution in [2.24, 2.45) is 0 Å². The molecule has 6 heteroatoms. The fourth-order valence-electron chi connectivity index (χ4n) is 4.71. The van der Waals surface area contributed by atoms with E-state index in [2.05, 4.69) is 88.7 Å². The molecule has 0 aromatic heterocycles. The van der Waals surface area contributed by atoms with E-state index in [1.54, 1.807) is 0 Å². The zero-order chi connectivity index (χ0) is 25.3. The van der Waals surface area contributed by atoms with E-state index in [1.807, 2.05) is 31.2 Å². The molecule has 1 N–H and O–H groups in total. The highest BCUT2D eigenvalue weighted by atomic mass is 16.5. The maximum absolute atomic E-state index is 12.8. The fraction of sp³-hybridized carbons (Fsp3) is 0.367. The van der Waals surface area contributed by atoms with E-state index >= 15 is 0 Å². The number of rotatable bonds is 10. The number of benzene rings is 3. The minimum Gasteiger partial charge on any atom is -0.494 e. The van der Waals surface area contributed by atoms with Crippen molar-refractivity contribution in [1.29, 1.82) is 0 Å². The van der Waals surface area contributed by atoms with Gasteiger partial charge in [0.05, 0.1) is 19.1 Å². The summed E-state index contributed by atoms with van der Waals surface area (Å²) in [6.45, 7) is 7.02. The van der Waals surface area contributed by atoms with Crippen LogP contribution in [0.1, 0.15) is 24.1 Å². The van der Waals surface area contributed by atoms with Gasteiger partial charge >= 0.3 is 0 Å².